The summed E-state index contributed by atoms with van der Waals surface area (Å²) < 4.78 is 0. The molecule has 0 amide bonds. The molecule has 4 aromatic rings. The van der Waals surface area contributed by atoms with E-state index >= 15 is 0 Å². The molecule has 0 saturated carbocycles. The fraction of sp³-hybridized carbons (Fsp3) is 0. The first-order chi connectivity index (χ1) is 9.63. The second-order valence-electron chi connectivity index (χ2n) is 5.00. The van der Waals surface area contributed by atoms with E-state index in [-0.39, 0.29) is 10.6 Å². The lowest BCUT2D eigenvalue weighted by Crippen LogP contribution is -1.91. The van der Waals surface area contributed by atoms with Crippen LogP contribution in [0.5, 0.6) is 0 Å². The van der Waals surface area contributed by atoms with Gasteiger partial charge in [-0.15, -0.1) is 0 Å². The number of nitrogen functional groups attached to an aromatic ring is 1. The van der Waals surface area contributed by atoms with Crippen LogP contribution in [-0.4, -0.2) is 4.92 Å². The quantitative estimate of drug-likeness (QED) is 0.243. The van der Waals surface area contributed by atoms with Gasteiger partial charge >= 0.3 is 0 Å². The van der Waals surface area contributed by atoms with Gasteiger partial charge in [0, 0.05) is 17.8 Å². The van der Waals surface area contributed by atoms with Crippen molar-refractivity contribution in [3.63, 3.8) is 0 Å². The lowest BCUT2D eigenvalue weighted by Gasteiger charge is -2.11. The molecule has 0 unspecified atom stereocenters. The Bertz CT molecular complexity index is 925. The Morgan fingerprint density at radius 1 is 0.800 bits per heavy atom. The van der Waals surface area contributed by atoms with Crippen LogP contribution in [0.25, 0.3) is 32.3 Å². The van der Waals surface area contributed by atoms with Crippen LogP contribution in [0.2, 0.25) is 0 Å². The molecule has 0 spiro atoms. The van der Waals surface area contributed by atoms with Crippen LogP contribution in [-0.2, 0) is 0 Å². The normalized spacial score (nSPS) is 11.6. The van der Waals surface area contributed by atoms with Gasteiger partial charge < -0.3 is 5.73 Å². The highest BCUT2D eigenvalue weighted by molar-refractivity contribution is 6.24. The average Bonchev–Trinajstić information content (AvgIpc) is 2.43. The number of nitrogens with two attached hydrogens (primary N) is 1. The van der Waals surface area contributed by atoms with Crippen molar-refractivity contribution in [1.82, 2.24) is 0 Å². The van der Waals surface area contributed by atoms with E-state index in [2.05, 4.69) is 0 Å². The number of benzene rings is 4. The van der Waals surface area contributed by atoms with Gasteiger partial charge in [-0.25, -0.2) is 0 Å². The van der Waals surface area contributed by atoms with Crippen molar-refractivity contribution in [3.05, 3.63) is 58.6 Å². The molecule has 0 atom stereocenters. The first kappa shape index (κ1) is 11.0. The van der Waals surface area contributed by atoms with E-state index in [0.717, 1.165) is 38.0 Å². The number of nitrogens with zero attached hydrogens (tertiary/aromatic N) is 1. The Morgan fingerprint density at radius 2 is 1.20 bits per heavy atom. The molecule has 20 heavy (non-hydrogen) atoms. The predicted octanol–water partition coefficient (Wildman–Crippen LogP) is 4.07. The lowest BCUT2D eigenvalue weighted by atomic mass is 9.93. The van der Waals surface area contributed by atoms with Gasteiger partial charge in [-0.05, 0) is 44.5 Å². The van der Waals surface area contributed by atoms with Crippen molar-refractivity contribution in [2.45, 2.75) is 0 Å². The monoisotopic (exact) mass is 262 g/mol. The summed E-state index contributed by atoms with van der Waals surface area (Å²) in [6, 6.07) is 14.9. The molecule has 4 rings (SSSR count). The molecule has 0 bridgehead atoms. The van der Waals surface area contributed by atoms with Crippen molar-refractivity contribution < 1.29 is 4.92 Å². The third-order valence-corrected chi connectivity index (χ3v) is 3.75. The Hall–Kier alpha value is -2.88. The van der Waals surface area contributed by atoms with Crippen molar-refractivity contribution >= 4 is 43.7 Å². The number of anilines is 1. The van der Waals surface area contributed by atoms with E-state index in [1.807, 2.05) is 36.4 Å². The summed E-state index contributed by atoms with van der Waals surface area (Å²) >= 11 is 0. The second-order valence-corrected chi connectivity index (χ2v) is 5.00. The molecule has 96 valence electrons. The SMILES string of the molecule is Nc1cc2ccc3cc([N+](=O)[O-])cc4ccc(c1)c2c34. The van der Waals surface area contributed by atoms with Crippen LogP contribution in [0.3, 0.4) is 0 Å². The first-order valence-corrected chi connectivity index (χ1v) is 6.26. The van der Waals surface area contributed by atoms with Crippen LogP contribution in [0.15, 0.2) is 48.5 Å². The molecule has 0 aliphatic carbocycles. The standard InChI is InChI=1S/C16H10N2O2/c17-13-5-9-1-3-11-7-14(18(19)20)8-12-4-2-10(6-13)15(9)16(11)12/h1-8H,17H2. The van der Waals surface area contributed by atoms with Crippen LogP contribution < -0.4 is 5.73 Å². The highest BCUT2D eigenvalue weighted by atomic mass is 16.6. The largest absolute Gasteiger partial charge is 0.399 e. The van der Waals surface area contributed by atoms with Crippen LogP contribution in [0.1, 0.15) is 0 Å². The zero-order chi connectivity index (χ0) is 13.9. The van der Waals surface area contributed by atoms with Gasteiger partial charge in [0.25, 0.3) is 5.69 Å². The number of nitro groups is 1. The van der Waals surface area contributed by atoms with E-state index < -0.39 is 0 Å². The highest BCUT2D eigenvalue weighted by Crippen LogP contribution is 2.37. The van der Waals surface area contributed by atoms with E-state index in [0.29, 0.717) is 0 Å². The van der Waals surface area contributed by atoms with E-state index in [4.69, 9.17) is 5.73 Å². The van der Waals surface area contributed by atoms with Crippen molar-refractivity contribution in [3.8, 4) is 0 Å². The molecule has 0 radical (unpaired) electrons. The van der Waals surface area contributed by atoms with Crippen molar-refractivity contribution in [2.75, 3.05) is 5.73 Å². The van der Waals surface area contributed by atoms with Crippen LogP contribution in [0.4, 0.5) is 11.4 Å². The summed E-state index contributed by atoms with van der Waals surface area (Å²) in [5.41, 5.74) is 6.75. The molecule has 4 nitrogen and oxygen atoms in total. The molecule has 0 aromatic heterocycles. The first-order valence-electron chi connectivity index (χ1n) is 6.26. The molecular formula is C16H10N2O2. The highest BCUT2D eigenvalue weighted by Gasteiger charge is 2.13. The van der Waals surface area contributed by atoms with Gasteiger partial charge in [-0.1, -0.05) is 24.3 Å². The molecule has 0 aliphatic heterocycles. The maximum absolute atomic E-state index is 11.0. The summed E-state index contributed by atoms with van der Waals surface area (Å²) in [6.07, 6.45) is 0. The minimum absolute atomic E-state index is 0.121. The summed E-state index contributed by atoms with van der Waals surface area (Å²) in [4.78, 5) is 10.6. The fourth-order valence-electron chi connectivity index (χ4n) is 2.95. The smallest absolute Gasteiger partial charge is 0.270 e. The molecular weight excluding hydrogens is 252 g/mol. The van der Waals surface area contributed by atoms with Gasteiger partial charge in [0.15, 0.2) is 0 Å². The van der Waals surface area contributed by atoms with Gasteiger partial charge in [-0.3, -0.25) is 10.1 Å². The summed E-state index contributed by atoms with van der Waals surface area (Å²) in [7, 11) is 0. The number of nitro benzene ring substituents is 1. The zero-order valence-electron chi connectivity index (χ0n) is 10.5. The predicted molar refractivity (Wildman–Crippen MR) is 81.2 cm³/mol. The second kappa shape index (κ2) is 3.57. The van der Waals surface area contributed by atoms with Crippen LogP contribution >= 0.6 is 0 Å². The number of non-ortho nitro benzene ring substituents is 1. The molecule has 4 heteroatoms. The molecule has 0 saturated heterocycles. The fourth-order valence-corrected chi connectivity index (χ4v) is 2.95. The molecule has 0 aliphatic rings. The van der Waals surface area contributed by atoms with Gasteiger partial charge in [0.1, 0.15) is 0 Å². The van der Waals surface area contributed by atoms with Gasteiger partial charge in [0.05, 0.1) is 4.92 Å². The van der Waals surface area contributed by atoms with Crippen LogP contribution in [0, 0.1) is 10.1 Å². The number of hydrogen-bond donors (Lipinski definition) is 1. The molecule has 0 fully saturated rings. The van der Waals surface area contributed by atoms with E-state index in [1.54, 1.807) is 12.1 Å². The maximum atomic E-state index is 11.0. The third-order valence-electron chi connectivity index (χ3n) is 3.75. The number of hydrogen-bond acceptors (Lipinski definition) is 3. The Labute approximate surface area is 113 Å². The van der Waals surface area contributed by atoms with Crippen molar-refractivity contribution in [2.24, 2.45) is 0 Å². The summed E-state index contributed by atoms with van der Waals surface area (Å²) in [5.74, 6) is 0. The van der Waals surface area contributed by atoms with Gasteiger partial charge in [-0.2, -0.15) is 0 Å². The molecule has 0 heterocycles. The number of rotatable bonds is 1. The topological polar surface area (TPSA) is 69.2 Å². The minimum Gasteiger partial charge on any atom is -0.399 e. The van der Waals surface area contributed by atoms with E-state index in [1.165, 1.54) is 0 Å². The lowest BCUT2D eigenvalue weighted by molar-refractivity contribution is -0.384. The van der Waals surface area contributed by atoms with E-state index in [9.17, 15) is 10.1 Å². The van der Waals surface area contributed by atoms with Crippen molar-refractivity contribution in [1.29, 1.82) is 0 Å². The average molecular weight is 262 g/mol. The molecule has 2 N–H and O–H groups in total. The minimum atomic E-state index is -0.355. The zero-order valence-corrected chi connectivity index (χ0v) is 10.5. The Kier molecular flexibility index (Phi) is 1.96. The molecule has 4 aromatic carbocycles. The summed E-state index contributed by atoms with van der Waals surface area (Å²) in [5, 5.41) is 17.1. The third kappa shape index (κ3) is 1.36. The maximum Gasteiger partial charge on any atom is 0.270 e. The summed E-state index contributed by atoms with van der Waals surface area (Å²) in [6.45, 7) is 0. The Morgan fingerprint density at radius 3 is 1.60 bits per heavy atom. The Balaban J connectivity index is 2.29. The van der Waals surface area contributed by atoms with Gasteiger partial charge in [0.2, 0.25) is 0 Å².